The van der Waals surface area contributed by atoms with Crippen molar-refractivity contribution in [2.24, 2.45) is 0 Å². The van der Waals surface area contributed by atoms with Gasteiger partial charge in [-0.3, -0.25) is 9.59 Å². The van der Waals surface area contributed by atoms with Crippen LogP contribution in [0.3, 0.4) is 0 Å². The lowest BCUT2D eigenvalue weighted by Gasteiger charge is -2.22. The van der Waals surface area contributed by atoms with Gasteiger partial charge in [0.15, 0.2) is 0 Å². The van der Waals surface area contributed by atoms with Gasteiger partial charge >= 0.3 is 11.8 Å². The zero-order chi connectivity index (χ0) is 22.2. The molecule has 3 aromatic carbocycles. The van der Waals surface area contributed by atoms with Crippen LogP contribution in [-0.2, 0) is 9.59 Å². The van der Waals surface area contributed by atoms with Gasteiger partial charge in [-0.05, 0) is 68.8 Å². The fourth-order valence-corrected chi connectivity index (χ4v) is 4.13. The minimum Gasteiger partial charge on any atom is -0.372 e. The molecule has 6 heteroatoms. The molecule has 0 saturated heterocycles. The van der Waals surface area contributed by atoms with E-state index < -0.39 is 11.8 Å². The van der Waals surface area contributed by atoms with E-state index in [2.05, 4.69) is 29.4 Å². The first kappa shape index (κ1) is 22.4. The fourth-order valence-electron chi connectivity index (χ4n) is 3.21. The van der Waals surface area contributed by atoms with Crippen LogP contribution in [0.4, 0.5) is 17.1 Å². The number of carbonyl (C=O) groups excluding carboxylic acids is 2. The number of para-hydroxylation sites is 1. The van der Waals surface area contributed by atoms with Gasteiger partial charge in [0.1, 0.15) is 0 Å². The average Bonchev–Trinajstić information content (AvgIpc) is 2.78. The number of nitrogens with one attached hydrogen (secondary N) is 2. The van der Waals surface area contributed by atoms with E-state index >= 15 is 0 Å². The molecule has 160 valence electrons. The molecule has 0 saturated carbocycles. The molecule has 31 heavy (non-hydrogen) atoms. The predicted octanol–water partition coefficient (Wildman–Crippen LogP) is 5.57. The largest absolute Gasteiger partial charge is 0.372 e. The molecule has 2 amide bonds. The highest BCUT2D eigenvalue weighted by molar-refractivity contribution is 7.99. The van der Waals surface area contributed by atoms with Crippen molar-refractivity contribution in [2.75, 3.05) is 28.6 Å². The number of hydrogen-bond acceptors (Lipinski definition) is 4. The van der Waals surface area contributed by atoms with Gasteiger partial charge in [-0.15, -0.1) is 0 Å². The summed E-state index contributed by atoms with van der Waals surface area (Å²) < 4.78 is 0. The predicted molar refractivity (Wildman–Crippen MR) is 129 cm³/mol. The molecule has 0 spiro atoms. The second-order valence-electron chi connectivity index (χ2n) is 6.99. The smallest absolute Gasteiger partial charge is 0.314 e. The van der Waals surface area contributed by atoms with E-state index in [1.54, 1.807) is 6.07 Å². The van der Waals surface area contributed by atoms with Gasteiger partial charge in [0, 0.05) is 34.3 Å². The highest BCUT2D eigenvalue weighted by atomic mass is 32.2. The van der Waals surface area contributed by atoms with Crippen molar-refractivity contribution in [2.45, 2.75) is 30.6 Å². The fraction of sp³-hybridized carbons (Fsp3) is 0.200. The number of rotatable bonds is 7. The molecule has 3 rings (SSSR count). The number of aryl methyl sites for hydroxylation is 1. The van der Waals surface area contributed by atoms with Gasteiger partial charge in [0.05, 0.1) is 5.69 Å². The minimum atomic E-state index is -0.701. The van der Waals surface area contributed by atoms with Crippen molar-refractivity contribution in [3.63, 3.8) is 0 Å². The molecule has 0 aliphatic rings. The summed E-state index contributed by atoms with van der Waals surface area (Å²) in [5.74, 6) is -1.40. The first-order valence-electron chi connectivity index (χ1n) is 10.3. The Labute approximate surface area is 187 Å². The van der Waals surface area contributed by atoms with Crippen LogP contribution >= 0.6 is 11.8 Å². The lowest BCUT2D eigenvalue weighted by Crippen LogP contribution is -2.29. The van der Waals surface area contributed by atoms with Gasteiger partial charge in [0.2, 0.25) is 0 Å². The Morgan fingerprint density at radius 2 is 1.42 bits per heavy atom. The number of nitrogens with zero attached hydrogens (tertiary/aromatic N) is 1. The summed E-state index contributed by atoms with van der Waals surface area (Å²) in [5, 5.41) is 5.46. The number of hydrogen-bond donors (Lipinski definition) is 2. The van der Waals surface area contributed by atoms with Crippen molar-refractivity contribution in [1.29, 1.82) is 0 Å². The number of benzene rings is 3. The highest BCUT2D eigenvalue weighted by Crippen LogP contribution is 2.33. The van der Waals surface area contributed by atoms with Crippen LogP contribution in [0.25, 0.3) is 0 Å². The minimum absolute atomic E-state index is 0.602. The molecule has 0 unspecified atom stereocenters. The Bertz CT molecular complexity index is 1050. The van der Waals surface area contributed by atoms with E-state index in [0.29, 0.717) is 11.4 Å². The topological polar surface area (TPSA) is 61.4 Å². The first-order chi connectivity index (χ1) is 15.0. The molecular weight excluding hydrogens is 406 g/mol. The van der Waals surface area contributed by atoms with Crippen molar-refractivity contribution in [3.05, 3.63) is 78.4 Å². The van der Waals surface area contributed by atoms with E-state index in [1.807, 2.05) is 73.7 Å². The zero-order valence-electron chi connectivity index (χ0n) is 18.0. The van der Waals surface area contributed by atoms with Crippen molar-refractivity contribution >= 4 is 40.6 Å². The van der Waals surface area contributed by atoms with E-state index in [-0.39, 0.29) is 0 Å². The number of carbonyl (C=O) groups is 2. The standard InChI is InChI=1S/C25H27N3O2S/c1-4-28(5-2)19-15-16-21(18(3)17-19)26-24(29)25(30)27-22-13-9-10-14-23(22)31-20-11-7-6-8-12-20/h6-17H,4-5H2,1-3H3,(H,26,29)(H,27,30). The summed E-state index contributed by atoms with van der Waals surface area (Å²) in [6.45, 7) is 7.95. The van der Waals surface area contributed by atoms with Crippen molar-refractivity contribution in [1.82, 2.24) is 0 Å². The molecule has 0 fully saturated rings. The summed E-state index contributed by atoms with van der Waals surface area (Å²) in [6, 6.07) is 23.1. The van der Waals surface area contributed by atoms with Crippen LogP contribution in [-0.4, -0.2) is 24.9 Å². The van der Waals surface area contributed by atoms with Gasteiger partial charge in [-0.2, -0.15) is 0 Å². The summed E-state index contributed by atoms with van der Waals surface area (Å²) in [4.78, 5) is 29.2. The molecule has 3 aromatic rings. The monoisotopic (exact) mass is 433 g/mol. The van der Waals surface area contributed by atoms with Crippen LogP contribution in [0.2, 0.25) is 0 Å². The Balaban J connectivity index is 1.69. The van der Waals surface area contributed by atoms with E-state index in [0.717, 1.165) is 34.1 Å². The Hall–Kier alpha value is -3.25. The lowest BCUT2D eigenvalue weighted by atomic mass is 10.1. The lowest BCUT2D eigenvalue weighted by molar-refractivity contribution is -0.133. The zero-order valence-corrected chi connectivity index (χ0v) is 18.8. The van der Waals surface area contributed by atoms with E-state index in [9.17, 15) is 9.59 Å². The summed E-state index contributed by atoms with van der Waals surface area (Å²) >= 11 is 1.53. The molecule has 0 bridgehead atoms. The second kappa shape index (κ2) is 10.7. The van der Waals surface area contributed by atoms with Crippen LogP contribution in [0.1, 0.15) is 19.4 Å². The molecule has 0 atom stereocenters. The summed E-state index contributed by atoms with van der Waals surface area (Å²) in [5.41, 5.74) is 3.23. The number of amides is 2. The molecule has 0 aliphatic carbocycles. The maximum absolute atomic E-state index is 12.6. The summed E-state index contributed by atoms with van der Waals surface area (Å²) in [6.07, 6.45) is 0. The van der Waals surface area contributed by atoms with Crippen molar-refractivity contribution in [3.8, 4) is 0 Å². The molecular formula is C25H27N3O2S. The number of anilines is 3. The molecule has 0 aromatic heterocycles. The Kier molecular flexibility index (Phi) is 7.73. The molecule has 0 aliphatic heterocycles. The summed E-state index contributed by atoms with van der Waals surface area (Å²) in [7, 11) is 0. The van der Waals surface area contributed by atoms with Gasteiger partial charge in [0.25, 0.3) is 0 Å². The molecule has 0 radical (unpaired) electrons. The third-order valence-electron chi connectivity index (χ3n) is 4.90. The highest BCUT2D eigenvalue weighted by Gasteiger charge is 2.17. The maximum Gasteiger partial charge on any atom is 0.314 e. The third kappa shape index (κ3) is 5.89. The maximum atomic E-state index is 12.6. The van der Waals surface area contributed by atoms with E-state index in [1.165, 1.54) is 11.8 Å². The van der Waals surface area contributed by atoms with E-state index in [4.69, 9.17) is 0 Å². The van der Waals surface area contributed by atoms with Gasteiger partial charge in [-0.1, -0.05) is 42.1 Å². The second-order valence-corrected chi connectivity index (χ2v) is 8.11. The van der Waals surface area contributed by atoms with Crippen LogP contribution in [0, 0.1) is 6.92 Å². The Morgan fingerprint density at radius 3 is 2.06 bits per heavy atom. The Morgan fingerprint density at radius 1 is 0.806 bits per heavy atom. The molecule has 2 N–H and O–H groups in total. The first-order valence-corrected chi connectivity index (χ1v) is 11.1. The van der Waals surface area contributed by atoms with Crippen LogP contribution in [0.5, 0.6) is 0 Å². The quantitative estimate of drug-likeness (QED) is 0.478. The SMILES string of the molecule is CCN(CC)c1ccc(NC(=O)C(=O)Nc2ccccc2Sc2ccccc2)c(C)c1. The van der Waals surface area contributed by atoms with Crippen LogP contribution < -0.4 is 15.5 Å². The normalized spacial score (nSPS) is 10.4. The van der Waals surface area contributed by atoms with Gasteiger partial charge in [-0.25, -0.2) is 0 Å². The van der Waals surface area contributed by atoms with Crippen LogP contribution in [0.15, 0.2) is 82.6 Å². The van der Waals surface area contributed by atoms with Crippen molar-refractivity contribution < 1.29 is 9.59 Å². The average molecular weight is 434 g/mol. The third-order valence-corrected chi connectivity index (χ3v) is 5.98. The van der Waals surface area contributed by atoms with Gasteiger partial charge < -0.3 is 15.5 Å². The molecule has 0 heterocycles. The molecule has 5 nitrogen and oxygen atoms in total.